The van der Waals surface area contributed by atoms with Crippen LogP contribution in [0.25, 0.3) is 10.9 Å². The average molecular weight is 286 g/mol. The maximum Gasteiger partial charge on any atom is 0.306 e. The zero-order valence-corrected chi connectivity index (χ0v) is 12.5. The molecule has 4 heteroatoms. The topological polar surface area (TPSA) is 45.3 Å². The van der Waals surface area contributed by atoms with Crippen LogP contribution < -0.4 is 0 Å². The lowest BCUT2D eigenvalue weighted by atomic mass is 9.89. The number of hydrogen-bond donors (Lipinski definition) is 1. The summed E-state index contributed by atoms with van der Waals surface area (Å²) >= 11 is 0. The number of aromatic amines is 1. The number of esters is 1. The van der Waals surface area contributed by atoms with Crippen molar-refractivity contribution in [3.05, 3.63) is 36.0 Å². The smallest absolute Gasteiger partial charge is 0.306 e. The van der Waals surface area contributed by atoms with E-state index in [4.69, 9.17) is 4.74 Å². The van der Waals surface area contributed by atoms with E-state index in [0.29, 0.717) is 12.3 Å². The van der Waals surface area contributed by atoms with Crippen LogP contribution in [-0.4, -0.2) is 42.6 Å². The fraction of sp³-hybridized carbons (Fsp3) is 0.471. The summed E-state index contributed by atoms with van der Waals surface area (Å²) in [5.74, 6) is 0.504. The Kier molecular flexibility index (Phi) is 4.25. The lowest BCUT2D eigenvalue weighted by Gasteiger charge is -2.31. The molecule has 0 atom stereocenters. The van der Waals surface area contributed by atoms with Crippen LogP contribution in [-0.2, 0) is 9.53 Å². The van der Waals surface area contributed by atoms with Crippen LogP contribution in [0.15, 0.2) is 30.5 Å². The molecule has 1 aliphatic rings. The first kappa shape index (κ1) is 14.1. The predicted octanol–water partition coefficient (Wildman–Crippen LogP) is 2.91. The molecule has 4 nitrogen and oxygen atoms in total. The first-order valence-corrected chi connectivity index (χ1v) is 7.63. The Morgan fingerprint density at radius 3 is 2.86 bits per heavy atom. The van der Waals surface area contributed by atoms with Gasteiger partial charge in [-0.05, 0) is 43.5 Å². The Labute approximate surface area is 125 Å². The number of rotatable bonds is 4. The van der Waals surface area contributed by atoms with Gasteiger partial charge in [-0.3, -0.25) is 4.79 Å². The third-order valence-corrected chi connectivity index (χ3v) is 4.51. The number of nitrogens with zero attached hydrogens (tertiary/aromatic N) is 1. The number of likely N-dealkylation sites (tertiary alicyclic amines) is 1. The van der Waals surface area contributed by atoms with Crippen molar-refractivity contribution in [2.24, 2.45) is 0 Å². The van der Waals surface area contributed by atoms with Crippen LogP contribution in [0.5, 0.6) is 0 Å². The molecule has 2 heterocycles. The van der Waals surface area contributed by atoms with E-state index in [0.717, 1.165) is 32.5 Å². The molecule has 21 heavy (non-hydrogen) atoms. The Balaban J connectivity index is 1.59. The highest BCUT2D eigenvalue weighted by atomic mass is 16.5. The van der Waals surface area contributed by atoms with Gasteiger partial charge in [0.2, 0.25) is 0 Å². The van der Waals surface area contributed by atoms with Gasteiger partial charge in [-0.25, -0.2) is 0 Å². The van der Waals surface area contributed by atoms with E-state index in [1.807, 2.05) is 0 Å². The zero-order chi connectivity index (χ0) is 14.7. The molecule has 1 aromatic carbocycles. The third-order valence-electron chi connectivity index (χ3n) is 4.51. The van der Waals surface area contributed by atoms with Gasteiger partial charge in [0, 0.05) is 23.6 Å². The summed E-state index contributed by atoms with van der Waals surface area (Å²) in [6.07, 6.45) is 4.97. The molecule has 0 amide bonds. The van der Waals surface area contributed by atoms with Crippen molar-refractivity contribution in [1.82, 2.24) is 9.88 Å². The van der Waals surface area contributed by atoms with Gasteiger partial charge in [0.05, 0.1) is 13.5 Å². The number of fused-ring (bicyclic) bond motifs is 1. The molecule has 3 rings (SSSR count). The summed E-state index contributed by atoms with van der Waals surface area (Å²) in [5.41, 5.74) is 2.67. The first-order valence-electron chi connectivity index (χ1n) is 7.63. The number of carbonyl (C=O) groups is 1. The number of piperidine rings is 1. The van der Waals surface area contributed by atoms with Crippen molar-refractivity contribution in [1.29, 1.82) is 0 Å². The molecule has 0 saturated carbocycles. The van der Waals surface area contributed by atoms with Crippen molar-refractivity contribution in [3.63, 3.8) is 0 Å². The molecule has 112 valence electrons. The number of aromatic nitrogens is 1. The predicted molar refractivity (Wildman–Crippen MR) is 83.3 cm³/mol. The Hall–Kier alpha value is -1.81. The fourth-order valence-corrected chi connectivity index (χ4v) is 3.25. The molecule has 1 aliphatic heterocycles. The summed E-state index contributed by atoms with van der Waals surface area (Å²) < 4.78 is 4.70. The van der Waals surface area contributed by atoms with Gasteiger partial charge in [-0.1, -0.05) is 18.2 Å². The maximum absolute atomic E-state index is 11.2. The second-order valence-electron chi connectivity index (χ2n) is 5.73. The molecule has 2 aromatic rings. The van der Waals surface area contributed by atoms with E-state index >= 15 is 0 Å². The van der Waals surface area contributed by atoms with Crippen molar-refractivity contribution >= 4 is 16.9 Å². The normalized spacial score (nSPS) is 17.2. The minimum atomic E-state index is -0.117. The van der Waals surface area contributed by atoms with E-state index in [1.165, 1.54) is 23.6 Å². The number of H-pyrrole nitrogens is 1. The van der Waals surface area contributed by atoms with Gasteiger partial charge in [-0.2, -0.15) is 0 Å². The van der Waals surface area contributed by atoms with Crippen molar-refractivity contribution in [3.8, 4) is 0 Å². The summed E-state index contributed by atoms with van der Waals surface area (Å²) in [6.45, 7) is 2.93. The Morgan fingerprint density at radius 1 is 1.33 bits per heavy atom. The molecular formula is C17H22N2O2. The van der Waals surface area contributed by atoms with Crippen LogP contribution >= 0.6 is 0 Å². The molecule has 0 bridgehead atoms. The minimum absolute atomic E-state index is 0.117. The van der Waals surface area contributed by atoms with Crippen LogP contribution in [0.4, 0.5) is 0 Å². The number of methoxy groups -OCH3 is 1. The number of para-hydroxylation sites is 1. The lowest BCUT2D eigenvalue weighted by molar-refractivity contribution is -0.141. The second kappa shape index (κ2) is 6.31. The van der Waals surface area contributed by atoms with Gasteiger partial charge < -0.3 is 14.6 Å². The highest BCUT2D eigenvalue weighted by Gasteiger charge is 2.22. The number of nitrogens with one attached hydrogen (secondary N) is 1. The van der Waals surface area contributed by atoms with Crippen LogP contribution in [0.1, 0.15) is 30.7 Å². The van der Waals surface area contributed by atoms with Crippen molar-refractivity contribution < 1.29 is 9.53 Å². The second-order valence-corrected chi connectivity index (χ2v) is 5.73. The van der Waals surface area contributed by atoms with E-state index in [2.05, 4.69) is 40.3 Å². The van der Waals surface area contributed by atoms with Gasteiger partial charge in [0.25, 0.3) is 0 Å². The summed E-state index contributed by atoms with van der Waals surface area (Å²) in [4.78, 5) is 16.9. The molecule has 1 fully saturated rings. The number of hydrogen-bond acceptors (Lipinski definition) is 3. The molecule has 0 spiro atoms. The monoisotopic (exact) mass is 286 g/mol. The molecule has 1 aromatic heterocycles. The Morgan fingerprint density at radius 2 is 2.10 bits per heavy atom. The van der Waals surface area contributed by atoms with Gasteiger partial charge in [-0.15, -0.1) is 0 Å². The van der Waals surface area contributed by atoms with E-state index < -0.39 is 0 Å². The molecule has 0 radical (unpaired) electrons. The van der Waals surface area contributed by atoms with Crippen LogP contribution in [0.2, 0.25) is 0 Å². The fourth-order valence-electron chi connectivity index (χ4n) is 3.25. The largest absolute Gasteiger partial charge is 0.469 e. The SMILES string of the molecule is COC(=O)CCN1CCC(c2c[nH]c3ccccc23)CC1. The van der Waals surface area contributed by atoms with E-state index in [1.54, 1.807) is 0 Å². The van der Waals surface area contributed by atoms with Crippen LogP contribution in [0, 0.1) is 0 Å². The highest BCUT2D eigenvalue weighted by Crippen LogP contribution is 2.32. The lowest BCUT2D eigenvalue weighted by Crippen LogP contribution is -2.34. The summed E-state index contributed by atoms with van der Waals surface area (Å²) in [7, 11) is 1.45. The summed E-state index contributed by atoms with van der Waals surface area (Å²) in [5, 5.41) is 1.35. The number of benzene rings is 1. The Bertz CT molecular complexity index is 612. The van der Waals surface area contributed by atoms with Crippen molar-refractivity contribution in [2.75, 3.05) is 26.7 Å². The maximum atomic E-state index is 11.2. The molecule has 0 unspecified atom stereocenters. The standard InChI is InChI=1S/C17H22N2O2/c1-21-17(20)8-11-19-9-6-13(7-10-19)15-12-18-16-5-3-2-4-14(15)16/h2-5,12-13,18H,6-11H2,1H3. The third kappa shape index (κ3) is 3.10. The van der Waals surface area contributed by atoms with Gasteiger partial charge in [0.1, 0.15) is 0 Å². The molecule has 0 aliphatic carbocycles. The number of ether oxygens (including phenoxy) is 1. The minimum Gasteiger partial charge on any atom is -0.469 e. The first-order chi connectivity index (χ1) is 10.3. The molecule has 1 saturated heterocycles. The highest BCUT2D eigenvalue weighted by molar-refractivity contribution is 5.83. The van der Waals surface area contributed by atoms with E-state index in [-0.39, 0.29) is 5.97 Å². The number of carbonyl (C=O) groups excluding carboxylic acids is 1. The van der Waals surface area contributed by atoms with Crippen molar-refractivity contribution in [2.45, 2.75) is 25.2 Å². The van der Waals surface area contributed by atoms with Gasteiger partial charge in [0.15, 0.2) is 0 Å². The molecular weight excluding hydrogens is 264 g/mol. The zero-order valence-electron chi connectivity index (χ0n) is 12.5. The average Bonchev–Trinajstić information content (AvgIpc) is 2.97. The summed E-state index contributed by atoms with van der Waals surface area (Å²) in [6, 6.07) is 8.50. The quantitative estimate of drug-likeness (QED) is 0.879. The van der Waals surface area contributed by atoms with Gasteiger partial charge >= 0.3 is 5.97 Å². The molecule has 1 N–H and O–H groups in total. The van der Waals surface area contributed by atoms with E-state index in [9.17, 15) is 4.79 Å². The van der Waals surface area contributed by atoms with Crippen LogP contribution in [0.3, 0.4) is 0 Å².